The number of hydrogen-bond donors (Lipinski definition) is 0. The van der Waals surface area contributed by atoms with Crippen molar-refractivity contribution >= 4 is 12.1 Å². The van der Waals surface area contributed by atoms with E-state index in [1.807, 2.05) is 6.07 Å². The first-order chi connectivity index (χ1) is 9.19. The molecule has 0 bridgehead atoms. The van der Waals surface area contributed by atoms with E-state index in [0.717, 1.165) is 5.06 Å². The van der Waals surface area contributed by atoms with E-state index >= 15 is 0 Å². The number of hydroxylamine groups is 2. The SMILES string of the molecule is COC(=O)N1CCC(CC(=O)Oc2ccccc2)O1. The van der Waals surface area contributed by atoms with Gasteiger partial charge in [0.2, 0.25) is 0 Å². The number of ether oxygens (including phenoxy) is 2. The number of hydrogen-bond acceptors (Lipinski definition) is 5. The van der Waals surface area contributed by atoms with Gasteiger partial charge in [-0.25, -0.2) is 4.79 Å². The molecule has 0 saturated carbocycles. The third-order valence-corrected chi connectivity index (χ3v) is 2.68. The van der Waals surface area contributed by atoms with Crippen LogP contribution >= 0.6 is 0 Å². The lowest BCUT2D eigenvalue weighted by molar-refractivity contribution is -0.148. The van der Waals surface area contributed by atoms with Gasteiger partial charge in [0.05, 0.1) is 26.2 Å². The van der Waals surface area contributed by atoms with Gasteiger partial charge in [0.15, 0.2) is 0 Å². The van der Waals surface area contributed by atoms with E-state index in [0.29, 0.717) is 18.7 Å². The summed E-state index contributed by atoms with van der Waals surface area (Å²) in [6, 6.07) is 8.81. The Labute approximate surface area is 110 Å². The minimum absolute atomic E-state index is 0.0996. The average molecular weight is 265 g/mol. The standard InChI is InChI=1S/C13H15NO5/c1-17-13(16)14-8-7-11(19-14)9-12(15)18-10-5-3-2-4-6-10/h2-6,11H,7-9H2,1H3. The van der Waals surface area contributed by atoms with Crippen molar-refractivity contribution in [2.75, 3.05) is 13.7 Å². The molecule has 0 radical (unpaired) electrons. The summed E-state index contributed by atoms with van der Waals surface area (Å²) < 4.78 is 9.67. The summed E-state index contributed by atoms with van der Waals surface area (Å²) in [6.07, 6.45) is -0.226. The molecule has 0 aromatic heterocycles. The van der Waals surface area contributed by atoms with Crippen LogP contribution in [0.15, 0.2) is 30.3 Å². The zero-order valence-electron chi connectivity index (χ0n) is 10.6. The van der Waals surface area contributed by atoms with E-state index in [9.17, 15) is 9.59 Å². The van der Waals surface area contributed by atoms with Crippen molar-refractivity contribution in [1.29, 1.82) is 0 Å². The van der Waals surface area contributed by atoms with Crippen LogP contribution in [0.4, 0.5) is 4.79 Å². The van der Waals surface area contributed by atoms with Gasteiger partial charge in [-0.3, -0.25) is 9.63 Å². The molecule has 1 amide bonds. The quantitative estimate of drug-likeness (QED) is 0.615. The lowest BCUT2D eigenvalue weighted by Gasteiger charge is -2.14. The lowest BCUT2D eigenvalue weighted by atomic mass is 10.2. The number of methoxy groups -OCH3 is 1. The van der Waals surface area contributed by atoms with Gasteiger partial charge in [0, 0.05) is 0 Å². The van der Waals surface area contributed by atoms with E-state index in [-0.39, 0.29) is 18.5 Å². The molecule has 1 aliphatic rings. The molecule has 0 aliphatic carbocycles. The number of nitrogens with zero attached hydrogens (tertiary/aromatic N) is 1. The molecular weight excluding hydrogens is 250 g/mol. The Morgan fingerprint density at radius 1 is 1.37 bits per heavy atom. The zero-order valence-corrected chi connectivity index (χ0v) is 10.6. The first kappa shape index (κ1) is 13.4. The minimum atomic E-state index is -0.557. The number of para-hydroxylation sites is 1. The summed E-state index contributed by atoms with van der Waals surface area (Å²) in [6.45, 7) is 0.413. The van der Waals surface area contributed by atoms with Gasteiger partial charge in [-0.05, 0) is 18.6 Å². The van der Waals surface area contributed by atoms with Crippen LogP contribution in [-0.4, -0.2) is 36.9 Å². The van der Waals surface area contributed by atoms with Crippen molar-refractivity contribution in [3.05, 3.63) is 30.3 Å². The summed E-state index contributed by atoms with van der Waals surface area (Å²) in [5, 5.41) is 1.11. The molecule has 1 aromatic rings. The summed E-state index contributed by atoms with van der Waals surface area (Å²) >= 11 is 0. The normalized spacial score (nSPS) is 18.2. The van der Waals surface area contributed by atoms with Crippen LogP contribution < -0.4 is 4.74 Å². The maximum absolute atomic E-state index is 11.7. The Kier molecular flexibility index (Phi) is 4.35. The number of esters is 1. The van der Waals surface area contributed by atoms with E-state index in [4.69, 9.17) is 9.57 Å². The molecule has 1 unspecified atom stereocenters. The number of rotatable bonds is 3. The summed E-state index contributed by atoms with van der Waals surface area (Å²) in [5.41, 5.74) is 0. The summed E-state index contributed by atoms with van der Waals surface area (Å²) in [7, 11) is 1.28. The molecule has 102 valence electrons. The maximum Gasteiger partial charge on any atom is 0.433 e. The number of carbonyl (C=O) groups excluding carboxylic acids is 2. The van der Waals surface area contributed by atoms with Crippen LogP contribution in [0.5, 0.6) is 5.75 Å². The Hall–Kier alpha value is -2.08. The van der Waals surface area contributed by atoms with Crippen LogP contribution in [-0.2, 0) is 14.4 Å². The second-order valence-corrected chi connectivity index (χ2v) is 4.08. The maximum atomic E-state index is 11.7. The number of carbonyl (C=O) groups is 2. The highest BCUT2D eigenvalue weighted by Crippen LogP contribution is 2.18. The fourth-order valence-corrected chi connectivity index (χ4v) is 1.77. The van der Waals surface area contributed by atoms with Gasteiger partial charge in [0.25, 0.3) is 0 Å². The Balaban J connectivity index is 1.79. The summed E-state index contributed by atoms with van der Waals surface area (Å²) in [5.74, 6) is 0.109. The molecule has 1 atom stereocenters. The van der Waals surface area contributed by atoms with Crippen LogP contribution in [0.3, 0.4) is 0 Å². The fraction of sp³-hybridized carbons (Fsp3) is 0.385. The fourth-order valence-electron chi connectivity index (χ4n) is 1.77. The molecular formula is C13H15NO5. The predicted octanol–water partition coefficient (Wildman–Crippen LogP) is 1.75. The highest BCUT2D eigenvalue weighted by Gasteiger charge is 2.30. The van der Waals surface area contributed by atoms with Crippen LogP contribution in [0.2, 0.25) is 0 Å². The van der Waals surface area contributed by atoms with Gasteiger partial charge >= 0.3 is 12.1 Å². The van der Waals surface area contributed by atoms with Gasteiger partial charge in [-0.1, -0.05) is 18.2 Å². The minimum Gasteiger partial charge on any atom is -0.451 e. The van der Waals surface area contributed by atoms with E-state index in [1.54, 1.807) is 24.3 Å². The lowest BCUT2D eigenvalue weighted by Crippen LogP contribution is -2.28. The van der Waals surface area contributed by atoms with Crippen LogP contribution in [0.1, 0.15) is 12.8 Å². The number of benzene rings is 1. The molecule has 1 heterocycles. The van der Waals surface area contributed by atoms with Crippen LogP contribution in [0.25, 0.3) is 0 Å². The van der Waals surface area contributed by atoms with Crippen molar-refractivity contribution in [3.8, 4) is 5.75 Å². The summed E-state index contributed by atoms with van der Waals surface area (Å²) in [4.78, 5) is 28.2. The third-order valence-electron chi connectivity index (χ3n) is 2.68. The van der Waals surface area contributed by atoms with Crippen molar-refractivity contribution < 1.29 is 23.9 Å². The number of amides is 1. The van der Waals surface area contributed by atoms with Gasteiger partial charge in [-0.15, -0.1) is 0 Å². The molecule has 1 aromatic carbocycles. The Morgan fingerprint density at radius 2 is 2.11 bits per heavy atom. The van der Waals surface area contributed by atoms with E-state index < -0.39 is 6.09 Å². The molecule has 0 spiro atoms. The molecule has 19 heavy (non-hydrogen) atoms. The molecule has 6 nitrogen and oxygen atoms in total. The van der Waals surface area contributed by atoms with Gasteiger partial charge in [-0.2, -0.15) is 5.06 Å². The largest absolute Gasteiger partial charge is 0.451 e. The Morgan fingerprint density at radius 3 is 2.79 bits per heavy atom. The molecule has 1 aliphatic heterocycles. The monoisotopic (exact) mass is 265 g/mol. The van der Waals surface area contributed by atoms with E-state index in [2.05, 4.69) is 4.74 Å². The van der Waals surface area contributed by atoms with Crippen molar-refractivity contribution in [2.45, 2.75) is 18.9 Å². The molecule has 0 N–H and O–H groups in total. The van der Waals surface area contributed by atoms with Crippen molar-refractivity contribution in [3.63, 3.8) is 0 Å². The second kappa shape index (κ2) is 6.19. The van der Waals surface area contributed by atoms with E-state index in [1.165, 1.54) is 7.11 Å². The first-order valence-corrected chi connectivity index (χ1v) is 5.97. The highest BCUT2D eigenvalue weighted by molar-refractivity contribution is 5.73. The predicted molar refractivity (Wildman–Crippen MR) is 65.3 cm³/mol. The molecule has 1 saturated heterocycles. The average Bonchev–Trinajstić information content (AvgIpc) is 2.87. The van der Waals surface area contributed by atoms with Gasteiger partial charge < -0.3 is 9.47 Å². The van der Waals surface area contributed by atoms with Crippen LogP contribution in [0, 0.1) is 0 Å². The zero-order chi connectivity index (χ0) is 13.7. The third kappa shape index (κ3) is 3.69. The van der Waals surface area contributed by atoms with Gasteiger partial charge in [0.1, 0.15) is 5.75 Å². The highest BCUT2D eigenvalue weighted by atomic mass is 16.7. The topological polar surface area (TPSA) is 65.1 Å². The first-order valence-electron chi connectivity index (χ1n) is 5.97. The molecule has 2 rings (SSSR count). The Bertz CT molecular complexity index is 448. The smallest absolute Gasteiger partial charge is 0.433 e. The van der Waals surface area contributed by atoms with Crippen molar-refractivity contribution in [2.24, 2.45) is 0 Å². The second-order valence-electron chi connectivity index (χ2n) is 4.08. The molecule has 6 heteroatoms. The van der Waals surface area contributed by atoms with Crippen molar-refractivity contribution in [1.82, 2.24) is 5.06 Å². The molecule has 1 fully saturated rings.